The summed E-state index contributed by atoms with van der Waals surface area (Å²) in [4.78, 5) is 0. The van der Waals surface area contributed by atoms with Crippen LogP contribution >= 0.6 is 7.92 Å². The summed E-state index contributed by atoms with van der Waals surface area (Å²) in [5.74, 6) is 0. The number of benzene rings is 1. The summed E-state index contributed by atoms with van der Waals surface area (Å²) in [6.07, 6.45) is 15.6. The number of allylic oxidation sites excluding steroid dienone is 7. The van der Waals surface area contributed by atoms with Crippen LogP contribution in [0.15, 0.2) is 79.4 Å². The zero-order chi connectivity index (χ0) is 16.2. The molecule has 0 atom stereocenters. The summed E-state index contributed by atoms with van der Waals surface area (Å²) in [5.41, 5.74) is 0. The molecule has 0 saturated carbocycles. The third-order valence-electron chi connectivity index (χ3n) is 3.03. The van der Waals surface area contributed by atoms with Crippen LogP contribution in [0.25, 0.3) is 10.8 Å². The van der Waals surface area contributed by atoms with Crippen molar-refractivity contribution in [3.8, 4) is 0 Å². The Kier molecular flexibility index (Phi) is 12.8. The maximum Gasteiger partial charge on any atom is 2.00 e. The summed E-state index contributed by atoms with van der Waals surface area (Å²) in [5, 5.41) is 4.26. The van der Waals surface area contributed by atoms with E-state index >= 15 is 0 Å². The molecule has 2 heteroatoms. The zero-order valence-corrected chi connectivity index (χ0v) is 16.7. The summed E-state index contributed by atoms with van der Waals surface area (Å²) >= 11 is 0. The molecule has 0 saturated heterocycles. The van der Waals surface area contributed by atoms with E-state index in [1.54, 1.807) is 6.08 Å². The molecule has 0 nitrogen and oxygen atoms in total. The van der Waals surface area contributed by atoms with Crippen LogP contribution in [0.3, 0.4) is 0 Å². The Hall–Kier alpha value is -1.07. The molecule has 3 rings (SSSR count). The van der Waals surface area contributed by atoms with Gasteiger partial charge in [-0.3, -0.25) is 6.08 Å². The second-order valence-corrected chi connectivity index (χ2v) is 7.31. The van der Waals surface area contributed by atoms with Gasteiger partial charge in [0.25, 0.3) is 0 Å². The van der Waals surface area contributed by atoms with Crippen LogP contribution in [-0.4, -0.2) is 13.3 Å². The molecule has 0 fully saturated rings. The third kappa shape index (κ3) is 8.96. The molecular formula is C21H25PTi. The van der Waals surface area contributed by atoms with E-state index in [2.05, 4.69) is 68.5 Å². The van der Waals surface area contributed by atoms with Crippen LogP contribution in [0, 0.1) is 6.08 Å². The van der Waals surface area contributed by atoms with Gasteiger partial charge in [-0.15, -0.1) is 54.7 Å². The van der Waals surface area contributed by atoms with E-state index in [-0.39, 0.29) is 29.6 Å². The SMILES string of the molecule is C=C/C=C/C.CP(C)c1cc2ccccc2[cH-]1.[C-]1=CC=CC1.[Ti+2]. The van der Waals surface area contributed by atoms with Crippen molar-refractivity contribution in [3.05, 3.63) is 85.5 Å². The van der Waals surface area contributed by atoms with Crippen LogP contribution in [0.4, 0.5) is 0 Å². The smallest absolute Gasteiger partial charge is 0.273 e. The van der Waals surface area contributed by atoms with E-state index in [1.165, 1.54) is 16.1 Å². The first-order valence-corrected chi connectivity index (χ1v) is 9.71. The first-order valence-electron chi connectivity index (χ1n) is 7.47. The monoisotopic (exact) mass is 356 g/mol. The molecule has 0 heterocycles. The Morgan fingerprint density at radius 3 is 2.39 bits per heavy atom. The molecule has 2 aromatic rings. The molecule has 0 unspecified atom stereocenters. The van der Waals surface area contributed by atoms with Crippen molar-refractivity contribution in [2.45, 2.75) is 13.3 Å². The predicted molar refractivity (Wildman–Crippen MR) is 105 cm³/mol. The van der Waals surface area contributed by atoms with E-state index < -0.39 is 0 Å². The summed E-state index contributed by atoms with van der Waals surface area (Å²) in [6.45, 7) is 10.0. The number of hydrogen-bond donors (Lipinski definition) is 0. The first-order chi connectivity index (χ1) is 10.7. The van der Waals surface area contributed by atoms with Crippen molar-refractivity contribution >= 4 is 24.0 Å². The van der Waals surface area contributed by atoms with Gasteiger partial charge in [0.2, 0.25) is 0 Å². The van der Waals surface area contributed by atoms with Gasteiger partial charge < -0.3 is 0 Å². The summed E-state index contributed by atoms with van der Waals surface area (Å²) < 4.78 is 0. The second-order valence-electron chi connectivity index (χ2n) is 5.00. The standard InChI is InChI=1S/C11H12P.C5H5.C5H8.Ti/c1-12(2)11-7-9-5-3-4-6-10(9)8-11;1-2-4-5-3-1;1-3-5-4-2;/h3-8H,1-2H3;1-3H,4H2;3-5H,1H2,2H3;/q2*-1;;+2/b;;5-4+;. The average Bonchev–Trinajstić information content (AvgIpc) is 3.21. The van der Waals surface area contributed by atoms with Crippen molar-refractivity contribution in [3.63, 3.8) is 0 Å². The molecule has 0 amide bonds. The van der Waals surface area contributed by atoms with Crippen LogP contribution in [0.5, 0.6) is 0 Å². The van der Waals surface area contributed by atoms with Crippen molar-refractivity contribution < 1.29 is 21.7 Å². The minimum Gasteiger partial charge on any atom is -0.273 e. The van der Waals surface area contributed by atoms with Crippen molar-refractivity contribution in [2.75, 3.05) is 13.3 Å². The Labute approximate surface area is 157 Å². The van der Waals surface area contributed by atoms with Crippen molar-refractivity contribution in [2.24, 2.45) is 0 Å². The third-order valence-corrected chi connectivity index (χ3v) is 4.32. The van der Waals surface area contributed by atoms with Crippen LogP contribution in [-0.2, 0) is 21.7 Å². The molecule has 1 aliphatic rings. The Morgan fingerprint density at radius 2 is 2.00 bits per heavy atom. The fourth-order valence-corrected chi connectivity index (χ4v) is 2.66. The van der Waals surface area contributed by atoms with Crippen LogP contribution < -0.4 is 5.30 Å². The first kappa shape index (κ1) is 21.9. The molecule has 0 N–H and O–H groups in total. The maximum atomic E-state index is 3.46. The topological polar surface area (TPSA) is 0 Å². The zero-order valence-electron chi connectivity index (χ0n) is 14.3. The van der Waals surface area contributed by atoms with Gasteiger partial charge in [0, 0.05) is 0 Å². The molecular weight excluding hydrogens is 331 g/mol. The van der Waals surface area contributed by atoms with Crippen LogP contribution in [0.1, 0.15) is 13.3 Å². The number of hydrogen-bond acceptors (Lipinski definition) is 0. The van der Waals surface area contributed by atoms with E-state index in [1.807, 2.05) is 31.2 Å². The minimum absolute atomic E-state index is 0. The van der Waals surface area contributed by atoms with Crippen molar-refractivity contribution in [1.82, 2.24) is 0 Å². The Balaban J connectivity index is 0.000000370. The molecule has 0 bridgehead atoms. The van der Waals surface area contributed by atoms with E-state index in [4.69, 9.17) is 0 Å². The Morgan fingerprint density at radius 1 is 1.26 bits per heavy atom. The quantitative estimate of drug-likeness (QED) is 0.269. The molecule has 0 aromatic heterocycles. The van der Waals surface area contributed by atoms with E-state index in [0.29, 0.717) is 0 Å². The molecule has 118 valence electrons. The van der Waals surface area contributed by atoms with Gasteiger partial charge in [0.1, 0.15) is 0 Å². The van der Waals surface area contributed by atoms with Crippen LogP contribution in [0.2, 0.25) is 0 Å². The van der Waals surface area contributed by atoms with Gasteiger partial charge in [0.15, 0.2) is 0 Å². The molecule has 23 heavy (non-hydrogen) atoms. The molecule has 0 aliphatic heterocycles. The molecule has 1 aliphatic carbocycles. The van der Waals surface area contributed by atoms with Gasteiger partial charge in [-0.05, 0) is 20.3 Å². The summed E-state index contributed by atoms with van der Waals surface area (Å²) in [6, 6.07) is 13.2. The van der Waals surface area contributed by atoms with Gasteiger partial charge in [-0.1, -0.05) is 30.9 Å². The molecule has 0 radical (unpaired) electrons. The second kappa shape index (κ2) is 13.4. The number of rotatable bonds is 2. The average molecular weight is 356 g/mol. The predicted octanol–water partition coefficient (Wildman–Crippen LogP) is 5.98. The number of fused-ring (bicyclic) bond motifs is 1. The van der Waals surface area contributed by atoms with Gasteiger partial charge >= 0.3 is 21.7 Å². The molecule has 2 aromatic carbocycles. The largest absolute Gasteiger partial charge is 2.00 e. The minimum atomic E-state index is 0. The van der Waals surface area contributed by atoms with Gasteiger partial charge in [-0.2, -0.15) is 12.1 Å². The van der Waals surface area contributed by atoms with Crippen molar-refractivity contribution in [1.29, 1.82) is 0 Å². The van der Waals surface area contributed by atoms with Gasteiger partial charge in [-0.25, -0.2) is 12.2 Å². The van der Waals surface area contributed by atoms with E-state index in [0.717, 1.165) is 6.42 Å². The Bertz CT molecular complexity index is 599. The molecule has 0 spiro atoms. The normalized spacial score (nSPS) is 11.7. The fourth-order valence-electron chi connectivity index (χ4n) is 1.87. The van der Waals surface area contributed by atoms with E-state index in [9.17, 15) is 0 Å². The summed E-state index contributed by atoms with van der Waals surface area (Å²) in [7, 11) is 0.0576. The van der Waals surface area contributed by atoms with Gasteiger partial charge in [0.05, 0.1) is 0 Å². The fraction of sp³-hybridized carbons (Fsp3) is 0.190. The maximum absolute atomic E-state index is 3.46.